The van der Waals surface area contributed by atoms with E-state index in [4.69, 9.17) is 0 Å². The van der Waals surface area contributed by atoms with E-state index >= 15 is 0 Å². The van der Waals surface area contributed by atoms with Crippen molar-refractivity contribution in [1.82, 2.24) is 19.9 Å². The molecule has 28 heavy (non-hydrogen) atoms. The first kappa shape index (κ1) is 18.6. The monoisotopic (exact) mass is 396 g/mol. The van der Waals surface area contributed by atoms with E-state index in [9.17, 15) is 4.79 Å². The summed E-state index contributed by atoms with van der Waals surface area (Å²) in [4.78, 5) is 34.3. The Bertz CT molecular complexity index is 998. The third-order valence-electron chi connectivity index (χ3n) is 5.07. The van der Waals surface area contributed by atoms with Crippen molar-refractivity contribution in [2.24, 2.45) is 0 Å². The molecule has 1 fully saturated rings. The summed E-state index contributed by atoms with van der Waals surface area (Å²) in [5, 5.41) is 1.11. The fourth-order valence-electron chi connectivity index (χ4n) is 3.26. The maximum absolute atomic E-state index is 11.8. The molecule has 1 N–H and O–H groups in total. The minimum atomic E-state index is -0.130. The van der Waals surface area contributed by atoms with Crippen molar-refractivity contribution in [3.8, 4) is 11.4 Å². The van der Waals surface area contributed by atoms with E-state index in [1.54, 1.807) is 17.5 Å². The van der Waals surface area contributed by atoms with E-state index in [2.05, 4.69) is 43.6 Å². The molecular formula is C20H24N6OS. The van der Waals surface area contributed by atoms with Crippen molar-refractivity contribution in [2.45, 2.75) is 27.2 Å². The Labute approximate surface area is 168 Å². The van der Waals surface area contributed by atoms with Crippen LogP contribution in [0.25, 0.3) is 11.4 Å². The number of nitrogens with one attached hydrogen (secondary N) is 1. The number of thiazole rings is 1. The molecule has 0 saturated carbocycles. The molecule has 0 radical (unpaired) electrons. The van der Waals surface area contributed by atoms with Crippen LogP contribution in [0.4, 0.5) is 10.9 Å². The largest absolute Gasteiger partial charge is 0.353 e. The Morgan fingerprint density at radius 1 is 1.11 bits per heavy atom. The van der Waals surface area contributed by atoms with Crippen molar-refractivity contribution in [1.29, 1.82) is 0 Å². The number of piperazine rings is 1. The summed E-state index contributed by atoms with van der Waals surface area (Å²) in [5.41, 5.74) is 2.60. The van der Waals surface area contributed by atoms with E-state index in [1.165, 1.54) is 10.9 Å². The minimum absolute atomic E-state index is 0.130. The van der Waals surface area contributed by atoms with Gasteiger partial charge in [0.05, 0.1) is 5.69 Å². The number of hydrogen-bond donors (Lipinski definition) is 1. The molecule has 7 nitrogen and oxygen atoms in total. The lowest BCUT2D eigenvalue weighted by Gasteiger charge is -2.35. The van der Waals surface area contributed by atoms with Gasteiger partial charge in [-0.2, -0.15) is 0 Å². The molecule has 3 aromatic heterocycles. The molecule has 1 aliphatic heterocycles. The Balaban J connectivity index is 1.45. The van der Waals surface area contributed by atoms with Crippen LogP contribution < -0.4 is 15.4 Å². The number of aromatic nitrogens is 4. The number of aromatic amines is 1. The van der Waals surface area contributed by atoms with Crippen LogP contribution in [-0.4, -0.2) is 46.1 Å². The van der Waals surface area contributed by atoms with Crippen LogP contribution in [0, 0.1) is 13.8 Å². The second kappa shape index (κ2) is 7.71. The smallest absolute Gasteiger partial charge is 0.251 e. The molecule has 8 heteroatoms. The van der Waals surface area contributed by atoms with E-state index < -0.39 is 0 Å². The zero-order valence-electron chi connectivity index (χ0n) is 16.4. The molecule has 0 amide bonds. The summed E-state index contributed by atoms with van der Waals surface area (Å²) < 4.78 is 0. The Kier molecular flexibility index (Phi) is 5.13. The third-order valence-corrected chi connectivity index (χ3v) is 6.20. The van der Waals surface area contributed by atoms with Crippen LogP contribution in [0.15, 0.2) is 29.2 Å². The van der Waals surface area contributed by atoms with Gasteiger partial charge in [0, 0.05) is 54.6 Å². The van der Waals surface area contributed by atoms with Crippen LogP contribution in [0.3, 0.4) is 0 Å². The fourth-order valence-corrected chi connectivity index (χ4v) is 4.22. The van der Waals surface area contributed by atoms with Gasteiger partial charge in [-0.15, -0.1) is 11.3 Å². The first-order valence-electron chi connectivity index (χ1n) is 9.54. The quantitative estimate of drug-likeness (QED) is 0.731. The fraction of sp³-hybridized carbons (Fsp3) is 0.400. The van der Waals surface area contributed by atoms with Gasteiger partial charge in [-0.1, -0.05) is 6.92 Å². The first-order valence-corrected chi connectivity index (χ1v) is 10.4. The summed E-state index contributed by atoms with van der Waals surface area (Å²) >= 11 is 1.77. The first-order chi connectivity index (χ1) is 13.5. The summed E-state index contributed by atoms with van der Waals surface area (Å²) in [6.45, 7) is 9.86. The Hall–Kier alpha value is -2.74. The van der Waals surface area contributed by atoms with E-state index in [-0.39, 0.29) is 5.56 Å². The predicted octanol–water partition coefficient (Wildman–Crippen LogP) is 2.79. The van der Waals surface area contributed by atoms with Gasteiger partial charge in [0.1, 0.15) is 11.6 Å². The summed E-state index contributed by atoms with van der Waals surface area (Å²) in [7, 11) is 0. The van der Waals surface area contributed by atoms with Gasteiger partial charge < -0.3 is 14.8 Å². The maximum atomic E-state index is 11.8. The number of nitrogens with zero attached hydrogens (tertiary/aromatic N) is 5. The van der Waals surface area contributed by atoms with Gasteiger partial charge >= 0.3 is 0 Å². The van der Waals surface area contributed by atoms with Crippen molar-refractivity contribution in [2.75, 3.05) is 36.0 Å². The maximum Gasteiger partial charge on any atom is 0.251 e. The lowest BCUT2D eigenvalue weighted by molar-refractivity contribution is 0.646. The minimum Gasteiger partial charge on any atom is -0.353 e. The molecule has 3 aromatic rings. The van der Waals surface area contributed by atoms with Gasteiger partial charge in [-0.3, -0.25) is 4.79 Å². The number of aryl methyl sites for hydroxylation is 3. The molecular weight excluding hydrogens is 372 g/mol. The van der Waals surface area contributed by atoms with Crippen molar-refractivity contribution < 1.29 is 0 Å². The molecule has 146 valence electrons. The standard InChI is InChI=1S/C20H24N6OS/c1-4-16-11-18(27)24-19(23-16)15-5-6-17(21-12-15)25-7-9-26(10-8-25)20-22-13(2)14(3)28-20/h5-6,11-12H,4,7-10H2,1-3H3,(H,23,24,27). The molecule has 0 spiro atoms. The number of anilines is 2. The van der Waals surface area contributed by atoms with Crippen LogP contribution >= 0.6 is 11.3 Å². The summed E-state index contributed by atoms with van der Waals surface area (Å²) in [6.07, 6.45) is 2.51. The van der Waals surface area contributed by atoms with E-state index in [1.807, 2.05) is 19.1 Å². The van der Waals surface area contributed by atoms with Gasteiger partial charge in [-0.25, -0.2) is 15.0 Å². The molecule has 0 unspecified atom stereocenters. The molecule has 0 aromatic carbocycles. The molecule has 1 aliphatic rings. The topological polar surface area (TPSA) is 78.0 Å². The average molecular weight is 397 g/mol. The Morgan fingerprint density at radius 3 is 2.46 bits per heavy atom. The zero-order chi connectivity index (χ0) is 19.7. The second-order valence-corrected chi connectivity index (χ2v) is 8.14. The second-order valence-electron chi connectivity index (χ2n) is 6.96. The summed E-state index contributed by atoms with van der Waals surface area (Å²) in [6, 6.07) is 5.51. The molecule has 1 saturated heterocycles. The van der Waals surface area contributed by atoms with Crippen LogP contribution in [0.2, 0.25) is 0 Å². The predicted molar refractivity (Wildman–Crippen MR) is 113 cm³/mol. The number of H-pyrrole nitrogens is 1. The van der Waals surface area contributed by atoms with E-state index in [0.29, 0.717) is 5.82 Å². The Morgan fingerprint density at radius 2 is 1.86 bits per heavy atom. The highest BCUT2D eigenvalue weighted by atomic mass is 32.1. The number of pyridine rings is 1. The van der Waals surface area contributed by atoms with Crippen molar-refractivity contribution in [3.63, 3.8) is 0 Å². The zero-order valence-corrected chi connectivity index (χ0v) is 17.2. The van der Waals surface area contributed by atoms with Gasteiger partial charge in [0.2, 0.25) is 0 Å². The van der Waals surface area contributed by atoms with Crippen molar-refractivity contribution >= 4 is 22.3 Å². The normalized spacial score (nSPS) is 14.5. The van der Waals surface area contributed by atoms with Gasteiger partial charge in [0.25, 0.3) is 5.56 Å². The molecule has 0 bridgehead atoms. The molecule has 0 aliphatic carbocycles. The van der Waals surface area contributed by atoms with Crippen LogP contribution in [-0.2, 0) is 6.42 Å². The third kappa shape index (κ3) is 3.77. The lowest BCUT2D eigenvalue weighted by Crippen LogP contribution is -2.46. The molecule has 4 rings (SSSR count). The highest BCUT2D eigenvalue weighted by Crippen LogP contribution is 2.27. The van der Waals surface area contributed by atoms with E-state index in [0.717, 1.165) is 60.5 Å². The van der Waals surface area contributed by atoms with Gasteiger partial charge in [0.15, 0.2) is 5.13 Å². The van der Waals surface area contributed by atoms with Crippen LogP contribution in [0.5, 0.6) is 0 Å². The van der Waals surface area contributed by atoms with Gasteiger partial charge in [-0.05, 0) is 32.4 Å². The SMILES string of the molecule is CCc1cc(=O)[nH]c(-c2ccc(N3CCN(c4nc(C)c(C)s4)CC3)nc2)n1. The molecule has 0 atom stereocenters. The number of hydrogen-bond acceptors (Lipinski definition) is 7. The highest BCUT2D eigenvalue weighted by Gasteiger charge is 2.21. The average Bonchev–Trinajstić information content (AvgIpc) is 3.06. The highest BCUT2D eigenvalue weighted by molar-refractivity contribution is 7.15. The lowest BCUT2D eigenvalue weighted by atomic mass is 10.2. The molecule has 4 heterocycles. The van der Waals surface area contributed by atoms with Crippen LogP contribution in [0.1, 0.15) is 23.2 Å². The number of rotatable bonds is 4. The van der Waals surface area contributed by atoms with Crippen molar-refractivity contribution in [3.05, 3.63) is 51.0 Å². The summed E-state index contributed by atoms with van der Waals surface area (Å²) in [5.74, 6) is 1.52.